The Bertz CT molecular complexity index is 2240. The van der Waals surface area contributed by atoms with Gasteiger partial charge in [0, 0.05) is 61.9 Å². The van der Waals surface area contributed by atoms with E-state index in [1.54, 1.807) is 67.3 Å². The standard InChI is InChI=1S/C34H34ClN5O4.C9H10N2O3/c1-22-14-16-39(29(33(36)43)18-25-10-4-9-24-8-2-3-13-28(24)25)34(44)32(26-11-5-12-27(35)17-26)40(22)31(42)19-30(41)38-21-23-7-6-15-37-20-23;12-8(4-9(13)14)11-6-7-2-1-3-10-5-7/h2-13,15,17,20,22,29,32H,14,16,18-19,21H2,1H3,(H2,36,43)(H,38,41);1-3,5H,4,6H2,(H,11,12)(H,13,14). The number of hydrogen-bond donors (Lipinski definition) is 4. The number of nitrogens with one attached hydrogen (secondary N) is 2. The molecule has 0 radical (unpaired) electrons. The Morgan fingerprint density at radius 1 is 0.845 bits per heavy atom. The van der Waals surface area contributed by atoms with E-state index in [0.29, 0.717) is 23.6 Å². The highest BCUT2D eigenvalue weighted by atomic mass is 35.5. The van der Waals surface area contributed by atoms with Crippen molar-refractivity contribution >= 4 is 57.9 Å². The van der Waals surface area contributed by atoms with Crippen LogP contribution in [0.15, 0.2) is 116 Å². The number of carboxylic acid groups (broad SMARTS) is 1. The van der Waals surface area contributed by atoms with Crippen LogP contribution >= 0.6 is 11.6 Å². The molecule has 5 N–H and O–H groups in total. The lowest BCUT2D eigenvalue weighted by Crippen LogP contribution is -2.52. The van der Waals surface area contributed by atoms with Crippen molar-refractivity contribution in [3.05, 3.63) is 143 Å². The zero-order chi connectivity index (χ0) is 41.6. The Morgan fingerprint density at radius 3 is 2.07 bits per heavy atom. The zero-order valence-corrected chi connectivity index (χ0v) is 32.5. The minimum atomic E-state index is -1.13. The van der Waals surface area contributed by atoms with Gasteiger partial charge in [0.15, 0.2) is 0 Å². The molecule has 0 spiro atoms. The van der Waals surface area contributed by atoms with Crippen molar-refractivity contribution in [3.8, 4) is 0 Å². The minimum absolute atomic E-state index is 0.201. The molecule has 6 rings (SSSR count). The van der Waals surface area contributed by atoms with Gasteiger partial charge in [-0.15, -0.1) is 0 Å². The smallest absolute Gasteiger partial charge is 0.312 e. The van der Waals surface area contributed by atoms with Gasteiger partial charge in [0.1, 0.15) is 24.9 Å². The van der Waals surface area contributed by atoms with Gasteiger partial charge in [0.05, 0.1) is 0 Å². The highest BCUT2D eigenvalue weighted by molar-refractivity contribution is 6.30. The van der Waals surface area contributed by atoms with Crippen molar-refractivity contribution < 1.29 is 33.9 Å². The van der Waals surface area contributed by atoms with Gasteiger partial charge in [-0.05, 0) is 70.6 Å². The maximum atomic E-state index is 14.5. The number of nitrogens with two attached hydrogens (primary N) is 1. The van der Waals surface area contributed by atoms with Crippen molar-refractivity contribution in [2.75, 3.05) is 6.54 Å². The normalized spacial score (nSPS) is 15.7. The number of nitrogens with zero attached hydrogens (tertiary/aromatic N) is 4. The number of aliphatic carboxylic acids is 1. The van der Waals surface area contributed by atoms with Crippen LogP contribution in [0.1, 0.15) is 54.5 Å². The number of amides is 5. The summed E-state index contributed by atoms with van der Waals surface area (Å²) in [7, 11) is 0. The number of fused-ring (bicyclic) bond motifs is 1. The van der Waals surface area contributed by atoms with E-state index in [2.05, 4.69) is 20.6 Å². The van der Waals surface area contributed by atoms with E-state index in [0.717, 1.165) is 27.5 Å². The summed E-state index contributed by atoms with van der Waals surface area (Å²) in [5.74, 6) is -3.71. The average molecular weight is 806 g/mol. The molecular weight excluding hydrogens is 762 g/mol. The van der Waals surface area contributed by atoms with Crippen LogP contribution in [-0.2, 0) is 48.3 Å². The van der Waals surface area contributed by atoms with Crippen molar-refractivity contribution in [1.82, 2.24) is 30.4 Å². The number of rotatable bonds is 13. The first-order valence-corrected chi connectivity index (χ1v) is 18.9. The molecule has 5 amide bonds. The molecule has 0 bridgehead atoms. The number of carbonyl (C=O) groups excluding carboxylic acids is 5. The Kier molecular flexibility index (Phi) is 15.0. The van der Waals surface area contributed by atoms with Crippen LogP contribution < -0.4 is 16.4 Å². The first-order valence-electron chi connectivity index (χ1n) is 18.6. The van der Waals surface area contributed by atoms with Crippen LogP contribution in [-0.4, -0.2) is 79.0 Å². The molecule has 0 aliphatic carbocycles. The third-order valence-corrected chi connectivity index (χ3v) is 9.79. The predicted molar refractivity (Wildman–Crippen MR) is 217 cm³/mol. The second-order valence-corrected chi connectivity index (χ2v) is 14.1. The number of aromatic nitrogens is 2. The number of pyridine rings is 2. The number of carbonyl (C=O) groups is 6. The third kappa shape index (κ3) is 11.7. The molecule has 300 valence electrons. The van der Waals surface area contributed by atoms with Crippen molar-refractivity contribution in [3.63, 3.8) is 0 Å². The monoisotopic (exact) mass is 805 g/mol. The molecule has 3 atom stereocenters. The summed E-state index contributed by atoms with van der Waals surface area (Å²) in [6.07, 6.45) is 6.15. The van der Waals surface area contributed by atoms with Crippen LogP contribution in [0.2, 0.25) is 5.02 Å². The van der Waals surface area contributed by atoms with E-state index in [-0.39, 0.29) is 19.5 Å². The molecule has 58 heavy (non-hydrogen) atoms. The lowest BCUT2D eigenvalue weighted by Gasteiger charge is -2.35. The number of primary amides is 1. The second-order valence-electron chi connectivity index (χ2n) is 13.7. The lowest BCUT2D eigenvalue weighted by molar-refractivity contribution is -0.149. The lowest BCUT2D eigenvalue weighted by atomic mass is 9.96. The van der Waals surface area contributed by atoms with Gasteiger partial charge in [-0.3, -0.25) is 38.7 Å². The van der Waals surface area contributed by atoms with E-state index in [1.807, 2.05) is 55.5 Å². The summed E-state index contributed by atoms with van der Waals surface area (Å²) >= 11 is 6.34. The molecule has 0 saturated carbocycles. The molecule has 14 nitrogen and oxygen atoms in total. The minimum Gasteiger partial charge on any atom is -0.481 e. The Morgan fingerprint density at radius 2 is 1.47 bits per heavy atom. The molecule has 1 fully saturated rings. The van der Waals surface area contributed by atoms with E-state index >= 15 is 0 Å². The average Bonchev–Trinajstić information content (AvgIpc) is 3.34. The van der Waals surface area contributed by atoms with Crippen LogP contribution in [0.4, 0.5) is 0 Å². The largest absolute Gasteiger partial charge is 0.481 e. The van der Waals surface area contributed by atoms with Gasteiger partial charge < -0.3 is 31.3 Å². The number of carboxylic acids is 1. The topological polar surface area (TPSA) is 205 Å². The van der Waals surface area contributed by atoms with Crippen LogP contribution in [0.3, 0.4) is 0 Å². The summed E-state index contributed by atoms with van der Waals surface area (Å²) in [6.45, 7) is 2.56. The number of halogens is 1. The fourth-order valence-corrected chi connectivity index (χ4v) is 6.92. The van der Waals surface area contributed by atoms with E-state index in [9.17, 15) is 28.8 Å². The van der Waals surface area contributed by atoms with Gasteiger partial charge in [0.25, 0.3) is 5.91 Å². The molecule has 15 heteroatoms. The fourth-order valence-electron chi connectivity index (χ4n) is 6.73. The van der Waals surface area contributed by atoms with E-state index in [4.69, 9.17) is 22.4 Å². The number of benzene rings is 3. The van der Waals surface area contributed by atoms with Crippen molar-refractivity contribution in [2.45, 2.75) is 63.8 Å². The summed E-state index contributed by atoms with van der Waals surface area (Å²) in [6, 6.07) is 25.0. The Hall–Kier alpha value is -6.67. The van der Waals surface area contributed by atoms with Gasteiger partial charge in [-0.1, -0.05) is 78.3 Å². The highest BCUT2D eigenvalue weighted by Gasteiger charge is 2.43. The first-order chi connectivity index (χ1) is 27.9. The summed E-state index contributed by atoms with van der Waals surface area (Å²) < 4.78 is 0. The van der Waals surface area contributed by atoms with Crippen molar-refractivity contribution in [2.24, 2.45) is 5.73 Å². The quantitative estimate of drug-likeness (QED) is 0.125. The first kappa shape index (κ1) is 42.5. The molecule has 1 saturated heterocycles. The van der Waals surface area contributed by atoms with Crippen LogP contribution in [0.25, 0.3) is 10.8 Å². The van der Waals surface area contributed by atoms with E-state index < -0.39 is 66.5 Å². The van der Waals surface area contributed by atoms with Crippen LogP contribution in [0, 0.1) is 0 Å². The molecule has 1 aliphatic rings. The second kappa shape index (κ2) is 20.5. The summed E-state index contributed by atoms with van der Waals surface area (Å²) in [4.78, 5) is 86.0. The molecule has 2 aromatic heterocycles. The van der Waals surface area contributed by atoms with Gasteiger partial charge in [0.2, 0.25) is 23.6 Å². The highest BCUT2D eigenvalue weighted by Crippen LogP contribution is 2.33. The SMILES string of the molecule is CC1CCN(C(Cc2cccc3ccccc23)C(N)=O)C(=O)C(c2cccc(Cl)c2)N1C(=O)CC(=O)NCc1cccnc1.O=C(O)CC(=O)NCc1cccnc1. The van der Waals surface area contributed by atoms with Gasteiger partial charge in [-0.25, -0.2) is 0 Å². The summed E-state index contributed by atoms with van der Waals surface area (Å²) in [5.41, 5.74) is 8.97. The predicted octanol–water partition coefficient (Wildman–Crippen LogP) is 4.35. The van der Waals surface area contributed by atoms with Crippen LogP contribution in [0.5, 0.6) is 0 Å². The summed E-state index contributed by atoms with van der Waals surface area (Å²) in [5, 5.41) is 15.9. The molecule has 3 unspecified atom stereocenters. The molecule has 3 heterocycles. The molecule has 5 aromatic rings. The molecule has 1 aliphatic heterocycles. The fraction of sp³-hybridized carbons (Fsp3) is 0.256. The maximum absolute atomic E-state index is 14.5. The Balaban J connectivity index is 0.000000387. The molecule has 3 aromatic carbocycles. The Labute approximate surface area is 340 Å². The van der Waals surface area contributed by atoms with E-state index in [1.165, 1.54) is 9.80 Å². The zero-order valence-electron chi connectivity index (χ0n) is 31.8. The van der Waals surface area contributed by atoms with Gasteiger partial charge >= 0.3 is 5.97 Å². The molecular formula is C43H44ClN7O7. The third-order valence-electron chi connectivity index (χ3n) is 9.56. The number of hydrogen-bond acceptors (Lipinski definition) is 8. The maximum Gasteiger partial charge on any atom is 0.312 e. The van der Waals surface area contributed by atoms with Crippen molar-refractivity contribution in [1.29, 1.82) is 0 Å². The van der Waals surface area contributed by atoms with Gasteiger partial charge in [-0.2, -0.15) is 0 Å².